The first-order valence-electron chi connectivity index (χ1n) is 7.11. The van der Waals surface area contributed by atoms with Crippen molar-refractivity contribution in [2.24, 2.45) is 0 Å². The van der Waals surface area contributed by atoms with Gasteiger partial charge in [-0.25, -0.2) is 0 Å². The fourth-order valence-electron chi connectivity index (χ4n) is 2.69. The Morgan fingerprint density at radius 2 is 2.20 bits per heavy atom. The molecule has 0 amide bonds. The molecule has 0 aromatic carbocycles. The maximum atomic E-state index is 5.66. The zero-order valence-corrected chi connectivity index (χ0v) is 11.8. The quantitative estimate of drug-likeness (QED) is 0.848. The maximum absolute atomic E-state index is 5.66. The molecule has 7 heteroatoms. The Hall–Kier alpha value is -1.02. The lowest BCUT2D eigenvalue weighted by atomic mass is 9.93. The largest absolute Gasteiger partial charge is 0.381 e. The molecular weight excluding hydrogens is 262 g/mol. The monoisotopic (exact) mass is 283 g/mol. The summed E-state index contributed by atoms with van der Waals surface area (Å²) in [6.45, 7) is 3.77. The number of aromatic nitrogens is 2. The Morgan fingerprint density at radius 3 is 2.90 bits per heavy atom. The molecule has 0 bridgehead atoms. The number of hydrogen-bond donors (Lipinski definition) is 1. The smallest absolute Gasteiger partial charge is 0.229 e. The van der Waals surface area contributed by atoms with Crippen LogP contribution in [-0.2, 0) is 26.2 Å². The van der Waals surface area contributed by atoms with Crippen LogP contribution in [0.15, 0.2) is 4.52 Å². The van der Waals surface area contributed by atoms with Gasteiger partial charge < -0.3 is 24.1 Å². The van der Waals surface area contributed by atoms with Gasteiger partial charge in [0, 0.05) is 46.3 Å². The third-order valence-electron chi connectivity index (χ3n) is 3.97. The Bertz CT molecular complexity index is 425. The number of morpholine rings is 1. The van der Waals surface area contributed by atoms with Crippen molar-refractivity contribution in [2.45, 2.75) is 31.0 Å². The molecule has 1 N–H and O–H groups in total. The average Bonchev–Trinajstić information content (AvgIpc) is 2.98. The molecule has 0 spiro atoms. The number of nitrogens with one attached hydrogen (secondary N) is 1. The number of methoxy groups -OCH3 is 1. The predicted molar refractivity (Wildman–Crippen MR) is 69.4 cm³/mol. The van der Waals surface area contributed by atoms with E-state index in [1.54, 1.807) is 7.11 Å². The van der Waals surface area contributed by atoms with Crippen molar-refractivity contribution < 1.29 is 18.7 Å². The number of rotatable bonds is 4. The summed E-state index contributed by atoms with van der Waals surface area (Å²) in [5.41, 5.74) is -0.467. The molecule has 2 aliphatic heterocycles. The first-order chi connectivity index (χ1) is 9.82. The van der Waals surface area contributed by atoms with Crippen LogP contribution in [0.5, 0.6) is 0 Å². The summed E-state index contributed by atoms with van der Waals surface area (Å²) in [6.07, 6.45) is 2.25. The highest BCUT2D eigenvalue weighted by Crippen LogP contribution is 2.33. The summed E-state index contributed by atoms with van der Waals surface area (Å²) in [4.78, 5) is 4.50. The van der Waals surface area contributed by atoms with Crippen LogP contribution in [0.3, 0.4) is 0 Å². The molecule has 2 fully saturated rings. The van der Waals surface area contributed by atoms with Gasteiger partial charge in [-0.2, -0.15) is 4.98 Å². The second-order valence-electron chi connectivity index (χ2n) is 5.22. The van der Waals surface area contributed by atoms with E-state index in [-0.39, 0.29) is 6.10 Å². The Morgan fingerprint density at radius 1 is 1.35 bits per heavy atom. The summed E-state index contributed by atoms with van der Waals surface area (Å²) in [5.74, 6) is 1.23. The van der Waals surface area contributed by atoms with Gasteiger partial charge in [0.15, 0.2) is 0 Å². The van der Waals surface area contributed by atoms with E-state index >= 15 is 0 Å². The van der Waals surface area contributed by atoms with E-state index in [1.165, 1.54) is 0 Å². The van der Waals surface area contributed by atoms with Gasteiger partial charge in [-0.3, -0.25) is 0 Å². The van der Waals surface area contributed by atoms with Crippen LogP contribution >= 0.6 is 0 Å². The highest BCUT2D eigenvalue weighted by molar-refractivity contribution is 5.03. The minimum atomic E-state index is -0.467. The summed E-state index contributed by atoms with van der Waals surface area (Å²) < 4.78 is 22.0. The third kappa shape index (κ3) is 2.85. The van der Waals surface area contributed by atoms with Crippen LogP contribution in [0.2, 0.25) is 0 Å². The van der Waals surface area contributed by atoms with Gasteiger partial charge >= 0.3 is 0 Å². The fraction of sp³-hybridized carbons (Fsp3) is 0.846. The molecule has 112 valence electrons. The van der Waals surface area contributed by atoms with Gasteiger partial charge in [0.2, 0.25) is 11.7 Å². The van der Waals surface area contributed by atoms with E-state index in [1.807, 2.05) is 0 Å². The van der Waals surface area contributed by atoms with E-state index in [9.17, 15) is 0 Å². The molecule has 3 heterocycles. The molecule has 20 heavy (non-hydrogen) atoms. The summed E-state index contributed by atoms with van der Waals surface area (Å²) >= 11 is 0. The highest BCUT2D eigenvalue weighted by Gasteiger charge is 2.39. The molecule has 0 aliphatic carbocycles. The molecule has 2 saturated heterocycles. The topological polar surface area (TPSA) is 78.6 Å². The Balaban J connectivity index is 1.68. The molecule has 2 aliphatic rings. The summed E-state index contributed by atoms with van der Waals surface area (Å²) in [6, 6.07) is 0. The van der Waals surface area contributed by atoms with Gasteiger partial charge in [-0.1, -0.05) is 5.16 Å². The van der Waals surface area contributed by atoms with Gasteiger partial charge in [0.1, 0.15) is 5.60 Å². The van der Waals surface area contributed by atoms with Gasteiger partial charge in [-0.15, -0.1) is 0 Å². The minimum absolute atomic E-state index is 0.102. The third-order valence-corrected chi connectivity index (χ3v) is 3.97. The first-order valence-corrected chi connectivity index (χ1v) is 7.11. The Kier molecular flexibility index (Phi) is 4.30. The van der Waals surface area contributed by atoms with Crippen molar-refractivity contribution in [3.05, 3.63) is 11.7 Å². The molecule has 7 nitrogen and oxygen atoms in total. The molecule has 1 unspecified atom stereocenters. The van der Waals surface area contributed by atoms with Crippen LogP contribution in [0.25, 0.3) is 0 Å². The molecule has 1 atom stereocenters. The normalized spacial score (nSPS) is 26.6. The highest BCUT2D eigenvalue weighted by atomic mass is 16.5. The van der Waals surface area contributed by atoms with Crippen molar-refractivity contribution in [2.75, 3.05) is 40.0 Å². The molecule has 1 aromatic heterocycles. The molecular formula is C13H21N3O4. The second-order valence-corrected chi connectivity index (χ2v) is 5.22. The molecule has 0 radical (unpaired) electrons. The zero-order chi connectivity index (χ0) is 13.8. The average molecular weight is 283 g/mol. The summed E-state index contributed by atoms with van der Waals surface area (Å²) in [7, 11) is 1.69. The van der Waals surface area contributed by atoms with Crippen LogP contribution in [0.1, 0.15) is 24.6 Å². The molecule has 0 saturated carbocycles. The van der Waals surface area contributed by atoms with Crippen molar-refractivity contribution in [1.82, 2.24) is 15.5 Å². The predicted octanol–water partition coefficient (Wildman–Crippen LogP) is 0.253. The van der Waals surface area contributed by atoms with Gasteiger partial charge in [0.25, 0.3) is 0 Å². The molecule has 3 rings (SSSR count). The lowest BCUT2D eigenvalue weighted by molar-refractivity contribution is -0.101. The number of ether oxygens (including phenoxy) is 3. The first kappa shape index (κ1) is 13.9. The lowest BCUT2D eigenvalue weighted by Crippen LogP contribution is -2.39. The van der Waals surface area contributed by atoms with E-state index in [2.05, 4.69) is 15.5 Å². The van der Waals surface area contributed by atoms with E-state index in [0.29, 0.717) is 31.3 Å². The summed E-state index contributed by atoms with van der Waals surface area (Å²) in [5, 5.41) is 7.39. The number of hydrogen-bond acceptors (Lipinski definition) is 7. The fourth-order valence-corrected chi connectivity index (χ4v) is 2.69. The lowest BCUT2D eigenvalue weighted by Gasteiger charge is -2.32. The minimum Gasteiger partial charge on any atom is -0.381 e. The van der Waals surface area contributed by atoms with Crippen LogP contribution in [-0.4, -0.2) is 56.3 Å². The van der Waals surface area contributed by atoms with Crippen LogP contribution in [0, 0.1) is 0 Å². The van der Waals surface area contributed by atoms with Gasteiger partial charge in [0.05, 0.1) is 19.1 Å². The Labute approximate surface area is 118 Å². The number of nitrogens with zero attached hydrogens (tertiary/aromatic N) is 2. The van der Waals surface area contributed by atoms with E-state index in [4.69, 9.17) is 18.7 Å². The standard InChI is InChI=1S/C13H21N3O4/c1-17-13(2-5-18-6-3-13)12-15-11(20-16-12)8-10-9-14-4-7-19-10/h10,14H,2-9H2,1H3. The second kappa shape index (κ2) is 6.17. The van der Waals surface area contributed by atoms with E-state index in [0.717, 1.165) is 32.5 Å². The SMILES string of the molecule is COC1(c2noc(CC3CNCCO3)n2)CCOCC1. The van der Waals surface area contributed by atoms with E-state index < -0.39 is 5.60 Å². The van der Waals surface area contributed by atoms with Gasteiger partial charge in [-0.05, 0) is 0 Å². The van der Waals surface area contributed by atoms with Crippen molar-refractivity contribution in [3.63, 3.8) is 0 Å². The van der Waals surface area contributed by atoms with Crippen LogP contribution < -0.4 is 5.32 Å². The van der Waals surface area contributed by atoms with Crippen molar-refractivity contribution >= 4 is 0 Å². The maximum Gasteiger partial charge on any atom is 0.229 e. The molecule has 1 aromatic rings. The van der Waals surface area contributed by atoms with Crippen molar-refractivity contribution in [3.8, 4) is 0 Å². The van der Waals surface area contributed by atoms with Crippen molar-refractivity contribution in [1.29, 1.82) is 0 Å². The zero-order valence-electron chi connectivity index (χ0n) is 11.8. The van der Waals surface area contributed by atoms with Crippen LogP contribution in [0.4, 0.5) is 0 Å².